The van der Waals surface area contributed by atoms with E-state index in [9.17, 15) is 8.42 Å². The van der Waals surface area contributed by atoms with Crippen LogP contribution in [0, 0.1) is 0 Å². The highest BCUT2D eigenvalue weighted by atomic mass is 35.5. The van der Waals surface area contributed by atoms with Crippen molar-refractivity contribution in [2.75, 3.05) is 24.5 Å². The fraction of sp³-hybridized carbons (Fsp3) is 0.389. The minimum absolute atomic E-state index is 0.371. The maximum atomic E-state index is 12.7. The van der Waals surface area contributed by atoms with E-state index in [1.165, 1.54) is 4.31 Å². The molecule has 0 N–H and O–H groups in total. The monoisotopic (exact) mass is 379 g/mol. The van der Waals surface area contributed by atoms with Gasteiger partial charge in [0, 0.05) is 43.6 Å². The minimum Gasteiger partial charge on any atom is -0.367 e. The molecule has 1 aromatic heterocycles. The highest BCUT2D eigenvalue weighted by molar-refractivity contribution is 7.89. The first-order chi connectivity index (χ1) is 12.0. The molecule has 1 aromatic carbocycles. The van der Waals surface area contributed by atoms with Gasteiger partial charge >= 0.3 is 0 Å². The van der Waals surface area contributed by atoms with Crippen LogP contribution in [0.1, 0.15) is 25.0 Å². The van der Waals surface area contributed by atoms with Crippen molar-refractivity contribution in [3.63, 3.8) is 0 Å². The van der Waals surface area contributed by atoms with Gasteiger partial charge in [0.1, 0.15) is 5.15 Å². The lowest BCUT2D eigenvalue weighted by molar-refractivity contribution is 0.445. The molecular weight excluding hydrogens is 358 g/mol. The third-order valence-electron chi connectivity index (χ3n) is 4.58. The number of sulfonamides is 1. The Morgan fingerprint density at radius 3 is 2.68 bits per heavy atom. The summed E-state index contributed by atoms with van der Waals surface area (Å²) in [6.45, 7) is 6.17. The van der Waals surface area contributed by atoms with Crippen molar-refractivity contribution in [2.24, 2.45) is 0 Å². The van der Waals surface area contributed by atoms with E-state index < -0.39 is 10.0 Å². The number of hydrogen-bond donors (Lipinski definition) is 0. The predicted octanol–water partition coefficient (Wildman–Crippen LogP) is 3.33. The molecule has 134 valence electrons. The van der Waals surface area contributed by atoms with Gasteiger partial charge in [0.15, 0.2) is 0 Å². The molecule has 1 aliphatic rings. The number of anilines is 1. The molecular formula is C18H22ClN3O2S. The van der Waals surface area contributed by atoms with Gasteiger partial charge in [0.2, 0.25) is 10.0 Å². The second-order valence-electron chi connectivity index (χ2n) is 6.00. The highest BCUT2D eigenvalue weighted by Crippen LogP contribution is 2.32. The summed E-state index contributed by atoms with van der Waals surface area (Å²) in [5.41, 5.74) is 3.10. The Kier molecular flexibility index (Phi) is 5.32. The molecule has 0 aliphatic carbocycles. The van der Waals surface area contributed by atoms with E-state index in [0.717, 1.165) is 29.8 Å². The van der Waals surface area contributed by atoms with Crippen LogP contribution in [0.3, 0.4) is 0 Å². The summed E-state index contributed by atoms with van der Waals surface area (Å²) < 4.78 is 26.9. The van der Waals surface area contributed by atoms with Crippen molar-refractivity contribution >= 4 is 27.3 Å². The van der Waals surface area contributed by atoms with Crippen LogP contribution in [0.25, 0.3) is 0 Å². The number of pyridine rings is 1. The Labute approximate surface area is 154 Å². The maximum absolute atomic E-state index is 12.7. The predicted molar refractivity (Wildman–Crippen MR) is 101 cm³/mol. The van der Waals surface area contributed by atoms with Gasteiger partial charge in [0.25, 0.3) is 0 Å². The van der Waals surface area contributed by atoms with Crippen LogP contribution in [0.2, 0.25) is 5.15 Å². The summed E-state index contributed by atoms with van der Waals surface area (Å²) in [5.74, 6) is 0. The molecule has 0 radical (unpaired) electrons. The van der Waals surface area contributed by atoms with Gasteiger partial charge in [0.05, 0.1) is 4.90 Å². The lowest BCUT2D eigenvalue weighted by Gasteiger charge is -2.21. The summed E-state index contributed by atoms with van der Waals surface area (Å²) >= 11 is 6.16. The summed E-state index contributed by atoms with van der Waals surface area (Å²) in [7, 11) is -3.42. The minimum atomic E-state index is -3.42. The van der Waals surface area contributed by atoms with Gasteiger partial charge in [-0.1, -0.05) is 31.5 Å². The van der Waals surface area contributed by atoms with Crippen LogP contribution in [0.4, 0.5) is 5.69 Å². The largest absolute Gasteiger partial charge is 0.367 e. The standard InChI is InChI=1S/C18H22ClN3O2S/c1-3-22(4-2)25(23,24)16-7-8-17-14(12-16)9-11-21(17)13-15-6-5-10-20-18(15)19/h5-8,10,12H,3-4,9,11,13H2,1-2H3. The number of hydrogen-bond acceptors (Lipinski definition) is 4. The van der Waals surface area contributed by atoms with E-state index in [-0.39, 0.29) is 0 Å². The molecule has 7 heteroatoms. The molecule has 0 unspecified atom stereocenters. The van der Waals surface area contributed by atoms with Crippen molar-refractivity contribution in [1.82, 2.24) is 9.29 Å². The average molecular weight is 380 g/mol. The third-order valence-corrected chi connectivity index (χ3v) is 6.97. The molecule has 25 heavy (non-hydrogen) atoms. The molecule has 3 rings (SSSR count). The fourth-order valence-corrected chi connectivity index (χ4v) is 4.91. The molecule has 1 aliphatic heterocycles. The SMILES string of the molecule is CCN(CC)S(=O)(=O)c1ccc2c(c1)CCN2Cc1cccnc1Cl. The maximum Gasteiger partial charge on any atom is 0.243 e. The first kappa shape index (κ1) is 18.2. The van der Waals surface area contributed by atoms with Crippen LogP contribution in [-0.2, 0) is 23.0 Å². The molecule has 0 fully saturated rings. The van der Waals surface area contributed by atoms with Crippen LogP contribution in [-0.4, -0.2) is 37.3 Å². The third kappa shape index (κ3) is 3.52. The molecule has 0 saturated heterocycles. The van der Waals surface area contributed by atoms with Crippen molar-refractivity contribution in [3.05, 3.63) is 52.8 Å². The van der Waals surface area contributed by atoms with E-state index in [0.29, 0.717) is 29.7 Å². The van der Waals surface area contributed by atoms with E-state index in [4.69, 9.17) is 11.6 Å². The Balaban J connectivity index is 1.87. The van der Waals surface area contributed by atoms with Gasteiger partial charge in [-0.25, -0.2) is 13.4 Å². The zero-order valence-electron chi connectivity index (χ0n) is 14.4. The second-order valence-corrected chi connectivity index (χ2v) is 8.30. The summed E-state index contributed by atoms with van der Waals surface area (Å²) in [6.07, 6.45) is 2.50. The van der Waals surface area contributed by atoms with Gasteiger partial charge in [-0.15, -0.1) is 0 Å². The van der Waals surface area contributed by atoms with E-state index >= 15 is 0 Å². The molecule has 0 bridgehead atoms. The Morgan fingerprint density at radius 2 is 2.00 bits per heavy atom. The van der Waals surface area contributed by atoms with Crippen molar-refractivity contribution in [3.8, 4) is 0 Å². The number of aromatic nitrogens is 1. The fourth-order valence-electron chi connectivity index (χ4n) is 3.23. The van der Waals surface area contributed by atoms with Gasteiger partial charge in [-0.3, -0.25) is 0 Å². The van der Waals surface area contributed by atoms with Gasteiger partial charge in [-0.05, 0) is 36.2 Å². The number of fused-ring (bicyclic) bond motifs is 1. The number of benzene rings is 1. The second kappa shape index (κ2) is 7.32. The van der Waals surface area contributed by atoms with Crippen LogP contribution >= 0.6 is 11.6 Å². The van der Waals surface area contributed by atoms with E-state index in [1.807, 2.05) is 38.1 Å². The first-order valence-electron chi connectivity index (χ1n) is 8.44. The normalized spacial score (nSPS) is 14.2. The van der Waals surface area contributed by atoms with Crippen LogP contribution < -0.4 is 4.90 Å². The molecule has 0 amide bonds. The topological polar surface area (TPSA) is 53.5 Å². The van der Waals surface area contributed by atoms with E-state index in [1.54, 1.807) is 12.3 Å². The zero-order valence-corrected chi connectivity index (χ0v) is 16.0. The molecule has 5 nitrogen and oxygen atoms in total. The van der Waals surface area contributed by atoms with Gasteiger partial charge in [-0.2, -0.15) is 4.31 Å². The Bertz CT molecular complexity index is 866. The lowest BCUT2D eigenvalue weighted by atomic mass is 10.2. The molecule has 2 heterocycles. The average Bonchev–Trinajstić information content (AvgIpc) is 3.00. The molecule has 2 aromatic rings. The first-order valence-corrected chi connectivity index (χ1v) is 10.3. The van der Waals surface area contributed by atoms with Crippen molar-refractivity contribution in [2.45, 2.75) is 31.7 Å². The Hall–Kier alpha value is -1.63. The zero-order chi connectivity index (χ0) is 18.0. The smallest absolute Gasteiger partial charge is 0.243 e. The lowest BCUT2D eigenvalue weighted by Crippen LogP contribution is -2.30. The number of rotatable bonds is 6. The summed E-state index contributed by atoms with van der Waals surface area (Å²) in [4.78, 5) is 6.70. The molecule has 0 atom stereocenters. The van der Waals surface area contributed by atoms with Crippen LogP contribution in [0.5, 0.6) is 0 Å². The molecule has 0 spiro atoms. The van der Waals surface area contributed by atoms with Crippen molar-refractivity contribution in [1.29, 1.82) is 0 Å². The Morgan fingerprint density at radius 1 is 1.24 bits per heavy atom. The van der Waals surface area contributed by atoms with E-state index in [2.05, 4.69) is 9.88 Å². The van der Waals surface area contributed by atoms with Gasteiger partial charge < -0.3 is 4.90 Å². The van der Waals surface area contributed by atoms with Crippen LogP contribution in [0.15, 0.2) is 41.4 Å². The summed E-state index contributed by atoms with van der Waals surface area (Å²) in [5, 5.41) is 0.511. The summed E-state index contributed by atoms with van der Waals surface area (Å²) in [6, 6.07) is 9.26. The number of halogens is 1. The van der Waals surface area contributed by atoms with Crippen molar-refractivity contribution < 1.29 is 8.42 Å². The molecule has 0 saturated carbocycles. The quantitative estimate of drug-likeness (QED) is 0.722. The number of nitrogens with zero attached hydrogens (tertiary/aromatic N) is 3. The highest BCUT2D eigenvalue weighted by Gasteiger charge is 2.26.